The molecule has 2 amide bonds. The second-order valence-corrected chi connectivity index (χ2v) is 2.51. The smallest absolute Gasteiger partial charge is 0.331 e. The number of urea groups is 1. The van der Waals surface area contributed by atoms with Crippen LogP contribution in [0.4, 0.5) is 4.79 Å². The number of unbranched alkanes of at least 4 members (excludes halogenated alkanes) is 1. The Morgan fingerprint density at radius 3 is 2.67 bits per heavy atom. The average molecular weight is 175 g/mol. The highest BCUT2D eigenvalue weighted by molar-refractivity contribution is 5.73. The van der Waals surface area contributed by atoms with Crippen LogP contribution in [0.15, 0.2) is 0 Å². The van der Waals surface area contributed by atoms with Crippen LogP contribution in [-0.2, 0) is 0 Å². The summed E-state index contributed by atoms with van der Waals surface area (Å²) in [5.41, 5.74) is 2.03. The molecule has 0 atom stereocenters. The predicted molar refractivity (Wildman–Crippen MR) is 46.3 cm³/mol. The van der Waals surface area contributed by atoms with E-state index in [9.17, 15) is 4.79 Å². The summed E-state index contributed by atoms with van der Waals surface area (Å²) in [5, 5.41) is 8.62. The number of hydrazine groups is 1. The van der Waals surface area contributed by atoms with Crippen LogP contribution in [0.2, 0.25) is 0 Å². The molecule has 0 aromatic heterocycles. The number of rotatable bonds is 5. The summed E-state index contributed by atoms with van der Waals surface area (Å²) in [4.78, 5) is 12.5. The van der Waals surface area contributed by atoms with Crippen LogP contribution in [0.25, 0.3) is 0 Å². The first kappa shape index (κ1) is 11.2. The van der Waals surface area contributed by atoms with Crippen LogP contribution in [0.5, 0.6) is 0 Å². The SMILES string of the molecule is CCCCN(CCO)C(=O)NN. The van der Waals surface area contributed by atoms with E-state index < -0.39 is 0 Å². The van der Waals surface area contributed by atoms with E-state index in [0.29, 0.717) is 13.1 Å². The fraction of sp³-hybridized carbons (Fsp3) is 0.857. The average Bonchev–Trinajstić information content (AvgIpc) is 2.11. The Kier molecular flexibility index (Phi) is 6.41. The van der Waals surface area contributed by atoms with Gasteiger partial charge in [0.2, 0.25) is 0 Å². The van der Waals surface area contributed by atoms with Crippen molar-refractivity contribution in [3.63, 3.8) is 0 Å². The molecule has 0 aliphatic heterocycles. The van der Waals surface area contributed by atoms with Gasteiger partial charge in [0.15, 0.2) is 0 Å². The zero-order valence-electron chi connectivity index (χ0n) is 7.42. The maximum Gasteiger partial charge on any atom is 0.331 e. The number of aliphatic hydroxyl groups is 1. The van der Waals surface area contributed by atoms with Crippen LogP contribution in [-0.4, -0.2) is 35.7 Å². The normalized spacial score (nSPS) is 9.58. The molecule has 0 saturated carbocycles. The summed E-state index contributed by atoms with van der Waals surface area (Å²) in [6.45, 7) is 2.98. The van der Waals surface area contributed by atoms with E-state index in [1.54, 1.807) is 0 Å². The number of hydrogen-bond donors (Lipinski definition) is 3. The number of aliphatic hydroxyl groups excluding tert-OH is 1. The third-order valence-corrected chi connectivity index (χ3v) is 1.56. The van der Waals surface area contributed by atoms with Crippen molar-refractivity contribution in [2.24, 2.45) is 5.84 Å². The minimum absolute atomic E-state index is 0.0306. The summed E-state index contributed by atoms with van der Waals surface area (Å²) in [6, 6.07) is -0.336. The number of carbonyl (C=O) groups is 1. The molecule has 72 valence electrons. The summed E-state index contributed by atoms with van der Waals surface area (Å²) >= 11 is 0. The number of carbonyl (C=O) groups excluding carboxylic acids is 1. The molecule has 0 radical (unpaired) electrons. The predicted octanol–water partition coefficient (Wildman–Crippen LogP) is -0.336. The Morgan fingerprint density at radius 1 is 1.58 bits per heavy atom. The van der Waals surface area contributed by atoms with E-state index in [2.05, 4.69) is 0 Å². The largest absolute Gasteiger partial charge is 0.395 e. The van der Waals surface area contributed by atoms with Crippen LogP contribution in [0.1, 0.15) is 19.8 Å². The number of nitrogens with one attached hydrogen (secondary N) is 1. The quantitative estimate of drug-likeness (QED) is 0.304. The molecule has 0 aromatic carbocycles. The van der Waals surface area contributed by atoms with Crippen LogP contribution >= 0.6 is 0 Å². The Morgan fingerprint density at radius 2 is 2.25 bits per heavy atom. The third-order valence-electron chi connectivity index (χ3n) is 1.56. The van der Waals surface area contributed by atoms with E-state index in [4.69, 9.17) is 10.9 Å². The number of nitrogens with two attached hydrogens (primary N) is 1. The topological polar surface area (TPSA) is 78.6 Å². The van der Waals surface area contributed by atoms with E-state index in [1.165, 1.54) is 4.90 Å². The highest BCUT2D eigenvalue weighted by Crippen LogP contribution is 1.94. The van der Waals surface area contributed by atoms with Crippen molar-refractivity contribution in [2.45, 2.75) is 19.8 Å². The highest BCUT2D eigenvalue weighted by Gasteiger charge is 2.09. The molecule has 0 aromatic rings. The molecule has 0 aliphatic rings. The van der Waals surface area contributed by atoms with E-state index in [0.717, 1.165) is 12.8 Å². The lowest BCUT2D eigenvalue weighted by molar-refractivity contribution is 0.176. The molecule has 0 saturated heterocycles. The Balaban J connectivity index is 3.76. The van der Waals surface area contributed by atoms with Crippen LogP contribution in [0, 0.1) is 0 Å². The van der Waals surface area contributed by atoms with Gasteiger partial charge in [0.05, 0.1) is 6.61 Å². The summed E-state index contributed by atoms with van der Waals surface area (Å²) in [7, 11) is 0. The van der Waals surface area contributed by atoms with Crippen molar-refractivity contribution in [3.8, 4) is 0 Å². The molecule has 0 bridgehead atoms. The zero-order valence-corrected chi connectivity index (χ0v) is 7.42. The summed E-state index contributed by atoms with van der Waals surface area (Å²) in [6.07, 6.45) is 1.94. The second-order valence-electron chi connectivity index (χ2n) is 2.51. The van der Waals surface area contributed by atoms with Crippen molar-refractivity contribution in [1.29, 1.82) is 0 Å². The van der Waals surface area contributed by atoms with Crippen molar-refractivity contribution in [2.75, 3.05) is 19.7 Å². The monoisotopic (exact) mass is 175 g/mol. The van der Waals surface area contributed by atoms with Gasteiger partial charge in [-0.3, -0.25) is 5.43 Å². The molecule has 5 nitrogen and oxygen atoms in total. The molecule has 0 fully saturated rings. The Labute approximate surface area is 72.5 Å². The molecule has 0 rings (SSSR count). The molecule has 0 spiro atoms. The van der Waals surface area contributed by atoms with Gasteiger partial charge in [-0.2, -0.15) is 0 Å². The van der Waals surface area contributed by atoms with Crippen LogP contribution in [0.3, 0.4) is 0 Å². The molecule has 12 heavy (non-hydrogen) atoms. The maximum absolute atomic E-state index is 11.0. The van der Waals surface area contributed by atoms with Gasteiger partial charge in [-0.25, -0.2) is 10.6 Å². The van der Waals surface area contributed by atoms with Gasteiger partial charge in [0, 0.05) is 13.1 Å². The summed E-state index contributed by atoms with van der Waals surface area (Å²) < 4.78 is 0. The van der Waals surface area contributed by atoms with Gasteiger partial charge in [-0.1, -0.05) is 13.3 Å². The van der Waals surface area contributed by atoms with Crippen molar-refractivity contribution in [1.82, 2.24) is 10.3 Å². The third kappa shape index (κ3) is 4.15. The minimum atomic E-state index is -0.336. The van der Waals surface area contributed by atoms with Gasteiger partial charge in [-0.15, -0.1) is 0 Å². The van der Waals surface area contributed by atoms with Crippen molar-refractivity contribution < 1.29 is 9.90 Å². The minimum Gasteiger partial charge on any atom is -0.395 e. The molecule has 0 unspecified atom stereocenters. The van der Waals surface area contributed by atoms with Gasteiger partial charge >= 0.3 is 6.03 Å². The second kappa shape index (κ2) is 6.87. The molecule has 0 heterocycles. The van der Waals surface area contributed by atoms with E-state index >= 15 is 0 Å². The number of hydrogen-bond acceptors (Lipinski definition) is 3. The van der Waals surface area contributed by atoms with E-state index in [-0.39, 0.29) is 12.6 Å². The lowest BCUT2D eigenvalue weighted by atomic mass is 10.3. The van der Waals surface area contributed by atoms with Gasteiger partial charge in [0.25, 0.3) is 0 Å². The summed E-state index contributed by atoms with van der Waals surface area (Å²) in [5.74, 6) is 4.95. The van der Waals surface area contributed by atoms with E-state index in [1.807, 2.05) is 12.3 Å². The fourth-order valence-corrected chi connectivity index (χ4v) is 0.876. The first-order valence-corrected chi connectivity index (χ1v) is 4.12. The Bertz CT molecular complexity index is 130. The first-order chi connectivity index (χ1) is 5.76. The van der Waals surface area contributed by atoms with Crippen LogP contribution < -0.4 is 11.3 Å². The van der Waals surface area contributed by atoms with Crippen molar-refractivity contribution >= 4 is 6.03 Å². The first-order valence-electron chi connectivity index (χ1n) is 4.12. The zero-order chi connectivity index (χ0) is 9.40. The molecule has 4 N–H and O–H groups in total. The fourth-order valence-electron chi connectivity index (χ4n) is 0.876. The molecular weight excluding hydrogens is 158 g/mol. The highest BCUT2D eigenvalue weighted by atomic mass is 16.3. The maximum atomic E-state index is 11.0. The molecular formula is C7H17N3O2. The lowest BCUT2D eigenvalue weighted by Gasteiger charge is -2.20. The van der Waals surface area contributed by atoms with Crippen molar-refractivity contribution in [3.05, 3.63) is 0 Å². The Hall–Kier alpha value is -0.810. The lowest BCUT2D eigenvalue weighted by Crippen LogP contribution is -2.45. The number of amides is 2. The van der Waals surface area contributed by atoms with Gasteiger partial charge in [0.1, 0.15) is 0 Å². The molecule has 0 aliphatic carbocycles. The number of nitrogens with zero attached hydrogens (tertiary/aromatic N) is 1. The van der Waals surface area contributed by atoms with Gasteiger partial charge in [-0.05, 0) is 6.42 Å². The standard InChI is InChI=1S/C7H17N3O2/c1-2-3-4-10(5-6-11)7(12)9-8/h11H,2-6,8H2,1H3,(H,9,12). The van der Waals surface area contributed by atoms with Gasteiger partial charge < -0.3 is 10.0 Å². The molecule has 5 heteroatoms.